The van der Waals surface area contributed by atoms with Gasteiger partial charge >= 0.3 is 6.18 Å². The van der Waals surface area contributed by atoms with Gasteiger partial charge in [-0.05, 0) is 107 Å². The fourth-order valence-electron chi connectivity index (χ4n) is 7.44. The normalized spacial score (nSPS) is 13.2. The zero-order valence-corrected chi connectivity index (χ0v) is 36.7. The molecule has 0 bridgehead atoms. The first-order valence-electron chi connectivity index (χ1n) is 19.0. The molecule has 16 heteroatoms. The van der Waals surface area contributed by atoms with Crippen molar-refractivity contribution in [2.24, 2.45) is 0 Å². The van der Waals surface area contributed by atoms with Crippen molar-refractivity contribution in [1.29, 1.82) is 10.5 Å². The predicted molar refractivity (Wildman–Crippen MR) is 231 cm³/mol. The summed E-state index contributed by atoms with van der Waals surface area (Å²) in [6.07, 6.45) is 3.11. The van der Waals surface area contributed by atoms with Crippen LogP contribution < -0.4 is 19.8 Å². The fourth-order valence-corrected chi connectivity index (χ4v) is 7.44. The molecule has 12 nitrogen and oxygen atoms in total. The smallest absolute Gasteiger partial charge is 0.433 e. The van der Waals surface area contributed by atoms with Crippen molar-refractivity contribution in [3.8, 4) is 18.0 Å². The van der Waals surface area contributed by atoms with Crippen LogP contribution in [0.5, 0.6) is 0 Å². The SMILES string of the molecule is CN1C=CN(c2[c-]c(N3C=CN(C)[CH-]3)cc(C#N)c2)[CH-]1.[C-]#[N+]c1ccc2c(c1)c1cc(C#N)c[c-]c1n2-c1cccc(N(c2cc(C(F)(F)F)n[n-]2)c2c(C)cc(C)cc2C)n1.[Ir]. The van der Waals surface area contributed by atoms with Gasteiger partial charge in [-0.3, -0.25) is 5.10 Å². The number of nitriles is 2. The summed E-state index contributed by atoms with van der Waals surface area (Å²) in [5.41, 5.74) is 6.75. The van der Waals surface area contributed by atoms with Crippen molar-refractivity contribution >= 4 is 56.2 Å². The average molecular weight is 1020 g/mol. The molecule has 3 aromatic heterocycles. The Morgan fingerprint density at radius 1 is 0.825 bits per heavy atom. The van der Waals surface area contributed by atoms with Gasteiger partial charge in [0.05, 0.1) is 18.5 Å². The zero-order valence-electron chi connectivity index (χ0n) is 34.3. The summed E-state index contributed by atoms with van der Waals surface area (Å²) in [6.45, 7) is 17.1. The van der Waals surface area contributed by atoms with Crippen LogP contribution in [-0.4, -0.2) is 38.5 Å². The molecule has 0 saturated heterocycles. The van der Waals surface area contributed by atoms with Gasteiger partial charge in [0.25, 0.3) is 0 Å². The number of nitrogens with zero attached hydrogens (tertiary/aromatic N) is 12. The van der Waals surface area contributed by atoms with Crippen molar-refractivity contribution in [3.05, 3.63) is 174 Å². The molecule has 0 aliphatic carbocycles. The Morgan fingerprint density at radius 2 is 1.48 bits per heavy atom. The fraction of sp³-hybridized carbons (Fsp3) is 0.128. The van der Waals surface area contributed by atoms with E-state index in [1.165, 1.54) is 0 Å². The third-order valence-electron chi connectivity index (χ3n) is 10.1. The van der Waals surface area contributed by atoms with Gasteiger partial charge in [0.1, 0.15) is 11.5 Å². The summed E-state index contributed by atoms with van der Waals surface area (Å²) in [6, 6.07) is 33.1. The van der Waals surface area contributed by atoms with Crippen LogP contribution in [0.3, 0.4) is 0 Å². The summed E-state index contributed by atoms with van der Waals surface area (Å²) in [4.78, 5) is 17.8. The van der Waals surface area contributed by atoms with Gasteiger partial charge in [-0.2, -0.15) is 43.9 Å². The molecule has 2 aliphatic heterocycles. The van der Waals surface area contributed by atoms with Crippen LogP contribution >= 0.6 is 0 Å². The van der Waals surface area contributed by atoms with Crippen LogP contribution in [0.25, 0.3) is 32.5 Å². The van der Waals surface area contributed by atoms with Gasteiger partial charge in [0, 0.05) is 31.7 Å². The largest absolute Gasteiger partial charge is 0.510 e. The van der Waals surface area contributed by atoms with Crippen molar-refractivity contribution in [3.63, 3.8) is 0 Å². The summed E-state index contributed by atoms with van der Waals surface area (Å²) in [5.74, 6) is 0.778. The minimum atomic E-state index is -4.66. The summed E-state index contributed by atoms with van der Waals surface area (Å²) >= 11 is 0. The van der Waals surface area contributed by atoms with E-state index >= 15 is 0 Å². The zero-order chi connectivity index (χ0) is 43.9. The topological polar surface area (TPSA) is 113 Å². The second-order valence-electron chi connectivity index (χ2n) is 14.7. The molecule has 0 N–H and O–H groups in total. The molecule has 0 atom stereocenters. The number of halogens is 3. The number of alkyl halides is 3. The number of benzene rings is 4. The first-order valence-corrected chi connectivity index (χ1v) is 19.0. The molecule has 0 unspecified atom stereocenters. The van der Waals surface area contributed by atoms with Crippen molar-refractivity contribution in [2.75, 3.05) is 28.8 Å². The molecule has 5 heterocycles. The van der Waals surface area contributed by atoms with Crippen LogP contribution in [0.4, 0.5) is 47.6 Å². The molecule has 7 aromatic rings. The molecule has 1 radical (unpaired) electrons. The van der Waals surface area contributed by atoms with Gasteiger partial charge < -0.3 is 34.2 Å². The maximum atomic E-state index is 13.6. The van der Waals surface area contributed by atoms with Gasteiger partial charge in [-0.1, -0.05) is 57.9 Å². The van der Waals surface area contributed by atoms with E-state index in [1.807, 2.05) is 121 Å². The van der Waals surface area contributed by atoms with Crippen LogP contribution in [0, 0.1) is 75.5 Å². The first kappa shape index (κ1) is 43.5. The maximum absolute atomic E-state index is 13.6. The van der Waals surface area contributed by atoms with Crippen molar-refractivity contribution in [1.82, 2.24) is 29.5 Å². The Bertz CT molecular complexity index is 2930. The second-order valence-corrected chi connectivity index (χ2v) is 14.7. The minimum absolute atomic E-state index is 0. The number of aryl methyl sites for hydroxylation is 3. The quantitative estimate of drug-likeness (QED) is 0.149. The molecule has 317 valence electrons. The Hall–Kier alpha value is -7.57. The van der Waals surface area contributed by atoms with Crippen LogP contribution in [0.15, 0.2) is 104 Å². The van der Waals surface area contributed by atoms with E-state index in [9.17, 15) is 23.7 Å². The molecule has 9 rings (SSSR count). The molecule has 2 aliphatic rings. The van der Waals surface area contributed by atoms with Crippen LogP contribution in [0.2, 0.25) is 0 Å². The standard InChI is InChI=1S/C32H20F3N7.C15H14N5.Ir/c1-18-12-19(2)31(20(3)13-18)42(30-16-27(39-40-30)32(33,34)35)29-7-5-6-28(38-29)41-25-10-8-21(17-36)14-23(25)24-15-22(37-4)9-11-26(24)41;1-17-3-5-19(11-17)14-7-13(10-16)8-15(9-14)20-6-4-18(2)12-20;/h5-9,11-16H,1-3H3;3-8,11-12H,1-2H3;/q-2;-3;. The number of fused-ring (bicyclic) bond motifs is 3. The number of pyridine rings is 1. The number of aromatic nitrogens is 4. The molecular formula is C47H34F3IrN12-5. The first-order chi connectivity index (χ1) is 29.7. The van der Waals surface area contributed by atoms with E-state index in [0.717, 1.165) is 50.4 Å². The molecular weight excluding hydrogens is 982 g/mol. The van der Waals surface area contributed by atoms with Crippen molar-refractivity contribution in [2.45, 2.75) is 26.9 Å². The molecule has 0 spiro atoms. The monoisotopic (exact) mass is 1020 g/mol. The van der Waals surface area contributed by atoms with E-state index in [-0.39, 0.29) is 25.9 Å². The van der Waals surface area contributed by atoms with E-state index in [1.54, 1.807) is 53.4 Å². The van der Waals surface area contributed by atoms with E-state index in [2.05, 4.69) is 39.3 Å². The summed E-state index contributed by atoms with van der Waals surface area (Å²) in [5, 5.41) is 27.5. The van der Waals surface area contributed by atoms with Gasteiger partial charge in [-0.15, -0.1) is 41.0 Å². The third kappa shape index (κ3) is 8.66. The van der Waals surface area contributed by atoms with Gasteiger partial charge in [-0.25, -0.2) is 15.1 Å². The summed E-state index contributed by atoms with van der Waals surface area (Å²) in [7, 11) is 3.91. The van der Waals surface area contributed by atoms with Gasteiger partial charge in [0.15, 0.2) is 5.69 Å². The minimum Gasteiger partial charge on any atom is -0.510 e. The molecule has 0 saturated carbocycles. The Balaban J connectivity index is 0.000000237. The molecule has 0 fully saturated rings. The number of hydrogen-bond donors (Lipinski definition) is 0. The Morgan fingerprint density at radius 3 is 2.03 bits per heavy atom. The van der Waals surface area contributed by atoms with Gasteiger partial charge in [0.2, 0.25) is 0 Å². The Kier molecular flexibility index (Phi) is 12.0. The third-order valence-corrected chi connectivity index (χ3v) is 10.1. The maximum Gasteiger partial charge on any atom is 0.433 e. The van der Waals surface area contributed by atoms with Crippen molar-refractivity contribution < 1.29 is 33.3 Å². The second kappa shape index (κ2) is 17.4. The van der Waals surface area contributed by atoms with Crippen LogP contribution in [0.1, 0.15) is 33.5 Å². The van der Waals surface area contributed by atoms with Crippen LogP contribution in [-0.2, 0) is 26.3 Å². The number of hydrogen-bond acceptors (Lipinski definition) is 9. The Labute approximate surface area is 375 Å². The number of rotatable bonds is 6. The molecule has 0 amide bonds. The van der Waals surface area contributed by atoms with E-state index in [0.29, 0.717) is 39.7 Å². The predicted octanol–water partition coefficient (Wildman–Crippen LogP) is 10.2. The molecule has 4 aromatic carbocycles. The number of anilines is 5. The van der Waals surface area contributed by atoms with E-state index in [4.69, 9.17) is 11.6 Å². The molecule has 63 heavy (non-hydrogen) atoms. The summed E-state index contributed by atoms with van der Waals surface area (Å²) < 4.78 is 42.5. The average Bonchev–Trinajstić information content (AvgIpc) is 4.08. The van der Waals surface area contributed by atoms with E-state index < -0.39 is 11.9 Å².